The lowest BCUT2D eigenvalue weighted by Gasteiger charge is -2.13. The van der Waals surface area contributed by atoms with E-state index < -0.39 is 7.12 Å². The molecular formula is C86H56BClN6O2S2. The summed E-state index contributed by atoms with van der Waals surface area (Å²) in [4.78, 5) is 29.3. The van der Waals surface area contributed by atoms with E-state index in [1.54, 1.807) is 28.7 Å². The average Bonchev–Trinajstić information content (AvgIpc) is 1.60. The molecule has 0 saturated carbocycles. The Kier molecular flexibility index (Phi) is 17.0. The second-order valence-electron chi connectivity index (χ2n) is 23.6. The van der Waals surface area contributed by atoms with Crippen LogP contribution >= 0.6 is 34.3 Å². The fourth-order valence-electron chi connectivity index (χ4n) is 12.7. The monoisotopic (exact) mass is 1310 g/mol. The van der Waals surface area contributed by atoms with Crippen molar-refractivity contribution in [3.05, 3.63) is 333 Å². The first kappa shape index (κ1) is 61.2. The van der Waals surface area contributed by atoms with Gasteiger partial charge in [-0.3, -0.25) is 0 Å². The maximum Gasteiger partial charge on any atom is 0.489 e. The first-order valence-electron chi connectivity index (χ1n) is 32.1. The molecule has 0 aliphatic rings. The van der Waals surface area contributed by atoms with E-state index in [1.807, 2.05) is 91.0 Å². The zero-order valence-electron chi connectivity index (χ0n) is 52.5. The largest absolute Gasteiger partial charge is 0.489 e. The molecule has 14 aromatic carbocycles. The van der Waals surface area contributed by atoms with Gasteiger partial charge in [-0.25, -0.2) is 19.9 Å². The van der Waals surface area contributed by atoms with Gasteiger partial charge in [0, 0.05) is 62.8 Å². The predicted molar refractivity (Wildman–Crippen MR) is 411 cm³/mol. The van der Waals surface area contributed by atoms with Crippen LogP contribution in [0.4, 0.5) is 0 Å². The van der Waals surface area contributed by atoms with Crippen molar-refractivity contribution in [3.8, 4) is 101 Å². The Balaban J connectivity index is 0.000000128. The van der Waals surface area contributed by atoms with Gasteiger partial charge >= 0.3 is 7.12 Å². The van der Waals surface area contributed by atoms with Crippen molar-refractivity contribution in [1.29, 1.82) is 0 Å². The average molecular weight is 1320 g/mol. The molecule has 0 bridgehead atoms. The lowest BCUT2D eigenvalue weighted by Crippen LogP contribution is -2.29. The Bertz CT molecular complexity index is 5960. The van der Waals surface area contributed by atoms with E-state index in [1.165, 1.54) is 57.9 Å². The third-order valence-corrected chi connectivity index (χ3v) is 20.1. The minimum atomic E-state index is -1.41. The van der Waals surface area contributed by atoms with Crippen LogP contribution < -0.4 is 5.46 Å². The van der Waals surface area contributed by atoms with Gasteiger partial charge in [-0.05, 0) is 131 Å². The Labute approximate surface area is 579 Å². The molecule has 0 spiro atoms. The summed E-state index contributed by atoms with van der Waals surface area (Å²) in [6, 6.07) is 113. The molecule has 0 saturated heterocycles. The minimum Gasteiger partial charge on any atom is -0.423 e. The topological polar surface area (TPSA) is 118 Å². The number of hydrogen-bond donors (Lipinski definition) is 2. The molecule has 0 aliphatic heterocycles. The first-order valence-corrected chi connectivity index (χ1v) is 34.1. The standard InChI is InChI=1S/C43H27N3S.C31H20ClN3.C12H9BO2S/c1-3-12-28(13-4-1)30-22-23-32-27-33(25-24-31(32)26-30)41-44-42(37-18-8-7-16-34(37)29-14-5-2-6-15-29)46-43(45-41)38-20-11-19-36-35-17-9-10-21-39(35)47-40(36)38;32-31-34-29(33-30(35-31)28-14-8-7-13-27(28)22-11-5-2-6-12-22)26-18-17-24-19-23(15-16-25(24)20-26)21-9-3-1-4-10-21;14-13(15)10-6-3-5-9-8-4-1-2-7-11(8)16-12(9)10/h1-27H;1-20H;1-7,14-15H. The summed E-state index contributed by atoms with van der Waals surface area (Å²) in [6.45, 7) is 0. The number of fused-ring (bicyclic) bond motifs is 8. The second kappa shape index (κ2) is 27.2. The molecule has 0 fully saturated rings. The highest BCUT2D eigenvalue weighted by Crippen LogP contribution is 2.42. The molecule has 18 rings (SSSR count). The first-order chi connectivity index (χ1) is 48.3. The highest BCUT2D eigenvalue weighted by Gasteiger charge is 2.21. The van der Waals surface area contributed by atoms with Crippen molar-refractivity contribution in [2.45, 2.75) is 0 Å². The summed E-state index contributed by atoms with van der Waals surface area (Å²) < 4.78 is 4.56. The van der Waals surface area contributed by atoms with Crippen molar-refractivity contribution in [2.75, 3.05) is 0 Å². The molecule has 0 unspecified atom stereocenters. The smallest absolute Gasteiger partial charge is 0.423 e. The fourth-order valence-corrected chi connectivity index (χ4v) is 15.3. The van der Waals surface area contributed by atoms with Gasteiger partial charge in [0.25, 0.3) is 0 Å². The van der Waals surface area contributed by atoms with Gasteiger partial charge in [-0.15, -0.1) is 22.7 Å². The SMILES string of the molecule is Clc1nc(-c2ccc3cc(-c4ccccc4)ccc3c2)nc(-c2ccccc2-c2ccccc2)n1.OB(O)c1cccc2c1sc1ccccc12.c1ccc(-c2ccc3cc(-c4nc(-c5ccccc5-c5ccccc5)nc(-c5cccc6c5sc5ccccc56)n4)ccc3c2)cc1. The van der Waals surface area contributed by atoms with Gasteiger partial charge in [0.05, 0.1) is 0 Å². The molecule has 2 N–H and O–H groups in total. The predicted octanol–water partition coefficient (Wildman–Crippen LogP) is 21.8. The maximum absolute atomic E-state index is 9.31. The fraction of sp³-hybridized carbons (Fsp3) is 0. The molecule has 4 heterocycles. The van der Waals surface area contributed by atoms with Crippen molar-refractivity contribution in [3.63, 3.8) is 0 Å². The van der Waals surface area contributed by atoms with Crippen LogP contribution in [0.2, 0.25) is 5.28 Å². The molecule has 18 aromatic rings. The Morgan fingerprint density at radius 1 is 0.245 bits per heavy atom. The van der Waals surface area contributed by atoms with Crippen LogP contribution in [0.1, 0.15) is 0 Å². The number of hydrogen-bond acceptors (Lipinski definition) is 10. The molecule has 8 nitrogen and oxygen atoms in total. The van der Waals surface area contributed by atoms with E-state index in [4.69, 9.17) is 31.5 Å². The molecule has 0 radical (unpaired) electrons. The zero-order valence-corrected chi connectivity index (χ0v) is 54.9. The molecule has 98 heavy (non-hydrogen) atoms. The van der Waals surface area contributed by atoms with Gasteiger partial charge in [0.1, 0.15) is 0 Å². The third-order valence-electron chi connectivity index (χ3n) is 17.5. The van der Waals surface area contributed by atoms with E-state index in [2.05, 4.69) is 240 Å². The van der Waals surface area contributed by atoms with E-state index in [9.17, 15) is 10.0 Å². The van der Waals surface area contributed by atoms with Crippen molar-refractivity contribution >= 4 is 109 Å². The van der Waals surface area contributed by atoms with Crippen molar-refractivity contribution in [1.82, 2.24) is 29.9 Å². The molecule has 0 aliphatic carbocycles. The highest BCUT2D eigenvalue weighted by molar-refractivity contribution is 7.27. The van der Waals surface area contributed by atoms with Crippen LogP contribution in [0.25, 0.3) is 163 Å². The number of halogens is 1. The summed E-state index contributed by atoms with van der Waals surface area (Å²) in [5.41, 5.74) is 14.5. The second-order valence-corrected chi connectivity index (χ2v) is 26.1. The van der Waals surface area contributed by atoms with Crippen LogP contribution in [0.3, 0.4) is 0 Å². The summed E-state index contributed by atoms with van der Waals surface area (Å²) in [5, 5.41) is 28.1. The molecule has 0 atom stereocenters. The van der Waals surface area contributed by atoms with Gasteiger partial charge in [-0.2, -0.15) is 9.97 Å². The lowest BCUT2D eigenvalue weighted by atomic mass is 9.80. The van der Waals surface area contributed by atoms with Gasteiger partial charge in [-0.1, -0.05) is 285 Å². The Hall–Kier alpha value is -11.7. The van der Waals surface area contributed by atoms with Gasteiger partial charge in [0.2, 0.25) is 5.28 Å². The van der Waals surface area contributed by atoms with Crippen LogP contribution in [0.15, 0.2) is 328 Å². The van der Waals surface area contributed by atoms with E-state index >= 15 is 0 Å². The lowest BCUT2D eigenvalue weighted by molar-refractivity contribution is 0.426. The number of thiophene rings is 2. The van der Waals surface area contributed by atoms with Crippen LogP contribution in [-0.2, 0) is 0 Å². The Morgan fingerprint density at radius 3 is 1.06 bits per heavy atom. The van der Waals surface area contributed by atoms with Gasteiger partial charge in [0.15, 0.2) is 29.1 Å². The quantitative estimate of drug-likeness (QED) is 0.130. The number of nitrogens with zero attached hydrogens (tertiary/aromatic N) is 6. The highest BCUT2D eigenvalue weighted by atomic mass is 35.5. The number of benzene rings is 14. The summed E-state index contributed by atoms with van der Waals surface area (Å²) >= 11 is 9.78. The van der Waals surface area contributed by atoms with Crippen LogP contribution in [0.5, 0.6) is 0 Å². The van der Waals surface area contributed by atoms with E-state index in [-0.39, 0.29) is 5.28 Å². The maximum atomic E-state index is 9.31. The summed E-state index contributed by atoms with van der Waals surface area (Å²) in [5.74, 6) is 3.09. The van der Waals surface area contributed by atoms with Crippen LogP contribution in [-0.4, -0.2) is 47.1 Å². The molecule has 12 heteroatoms. The molecule has 4 aromatic heterocycles. The molecular weight excluding hydrogens is 1260 g/mol. The summed E-state index contributed by atoms with van der Waals surface area (Å²) in [7, 11) is -1.41. The Morgan fingerprint density at radius 2 is 0.571 bits per heavy atom. The van der Waals surface area contributed by atoms with E-state index in [0.717, 1.165) is 76.3 Å². The van der Waals surface area contributed by atoms with Crippen molar-refractivity contribution < 1.29 is 10.0 Å². The molecule has 464 valence electrons. The summed E-state index contributed by atoms with van der Waals surface area (Å²) in [6.07, 6.45) is 0. The normalized spacial score (nSPS) is 11.2. The number of rotatable bonds is 10. The minimum absolute atomic E-state index is 0.174. The van der Waals surface area contributed by atoms with Gasteiger partial charge < -0.3 is 10.0 Å². The zero-order chi connectivity index (χ0) is 65.9. The number of aromatic nitrogens is 6. The van der Waals surface area contributed by atoms with E-state index in [0.29, 0.717) is 34.6 Å². The third kappa shape index (κ3) is 12.5. The molecule has 0 amide bonds. The van der Waals surface area contributed by atoms with Crippen LogP contribution in [0, 0.1) is 0 Å². The van der Waals surface area contributed by atoms with Crippen molar-refractivity contribution in [2.24, 2.45) is 0 Å².